The summed E-state index contributed by atoms with van der Waals surface area (Å²) in [6.07, 6.45) is 6.53. The summed E-state index contributed by atoms with van der Waals surface area (Å²) in [5.74, 6) is -0.263. The van der Waals surface area contributed by atoms with E-state index in [1.54, 1.807) is 24.3 Å². The number of carboxylic acid groups (broad SMARTS) is 1. The first-order chi connectivity index (χ1) is 12.4. The summed E-state index contributed by atoms with van der Waals surface area (Å²) in [5.41, 5.74) is 0.254. The van der Waals surface area contributed by atoms with E-state index in [9.17, 15) is 9.90 Å². The molecule has 1 aromatic rings. The molecule has 6 heteroatoms. The first-order valence-electron chi connectivity index (χ1n) is 9.53. The predicted molar refractivity (Wildman–Crippen MR) is 103 cm³/mol. The first-order valence-corrected chi connectivity index (χ1v) is 9.90. The van der Waals surface area contributed by atoms with Crippen molar-refractivity contribution < 1.29 is 19.7 Å². The number of nitrogens with zero attached hydrogens (tertiary/aromatic N) is 1. The fraction of sp³-hybridized carbons (Fsp3) is 0.650. The Bertz CT molecular complexity index is 561. The van der Waals surface area contributed by atoms with Crippen molar-refractivity contribution in [3.05, 3.63) is 29.8 Å². The van der Waals surface area contributed by atoms with Crippen LogP contribution in [0.15, 0.2) is 24.3 Å². The highest BCUT2D eigenvalue weighted by atomic mass is 35.5. The molecule has 2 rings (SSSR count). The van der Waals surface area contributed by atoms with E-state index >= 15 is 0 Å². The molecule has 1 heterocycles. The standard InChI is InChI=1S/C20H30ClNO4/c1-2-3-4-11-20(21,25)12-14-22-13-5-6-17(22)15-26-18-9-7-16(8-10-18)19(23)24/h7-10,17,25H,2-6,11-15H2,1H3,(H,23,24). The van der Waals surface area contributed by atoms with Gasteiger partial charge >= 0.3 is 5.97 Å². The Hall–Kier alpha value is -1.30. The van der Waals surface area contributed by atoms with Crippen LogP contribution in [0.25, 0.3) is 0 Å². The molecule has 0 saturated carbocycles. The fourth-order valence-electron chi connectivity index (χ4n) is 3.35. The molecular weight excluding hydrogens is 354 g/mol. The lowest BCUT2D eigenvalue weighted by Crippen LogP contribution is -2.37. The van der Waals surface area contributed by atoms with Gasteiger partial charge in [0.05, 0.1) is 5.56 Å². The first kappa shape index (κ1) is 21.0. The zero-order chi connectivity index (χ0) is 19.0. The third kappa shape index (κ3) is 6.78. The van der Waals surface area contributed by atoms with Crippen LogP contribution in [0.5, 0.6) is 5.75 Å². The molecule has 0 radical (unpaired) electrons. The van der Waals surface area contributed by atoms with Gasteiger partial charge < -0.3 is 14.9 Å². The van der Waals surface area contributed by atoms with Crippen molar-refractivity contribution in [1.82, 2.24) is 4.90 Å². The minimum absolute atomic E-state index is 0.254. The van der Waals surface area contributed by atoms with Gasteiger partial charge in [0.1, 0.15) is 17.4 Å². The minimum atomic E-state index is -1.12. The fourth-order valence-corrected chi connectivity index (χ4v) is 3.57. The number of halogens is 1. The summed E-state index contributed by atoms with van der Waals surface area (Å²) < 4.78 is 5.84. The van der Waals surface area contributed by atoms with Gasteiger partial charge in [-0.3, -0.25) is 4.90 Å². The van der Waals surface area contributed by atoms with Crippen LogP contribution in [0, 0.1) is 0 Å². The maximum absolute atomic E-state index is 10.9. The molecule has 1 fully saturated rings. The van der Waals surface area contributed by atoms with Crippen molar-refractivity contribution in [2.24, 2.45) is 0 Å². The quantitative estimate of drug-likeness (QED) is 0.444. The zero-order valence-electron chi connectivity index (χ0n) is 15.5. The van der Waals surface area contributed by atoms with Crippen molar-refractivity contribution in [1.29, 1.82) is 0 Å². The molecule has 0 aromatic heterocycles. The molecule has 0 bridgehead atoms. The van der Waals surface area contributed by atoms with E-state index in [-0.39, 0.29) is 5.56 Å². The Kier molecular flexibility index (Phi) is 8.19. The van der Waals surface area contributed by atoms with Crippen molar-refractivity contribution >= 4 is 17.6 Å². The largest absolute Gasteiger partial charge is 0.492 e. The van der Waals surface area contributed by atoms with Gasteiger partial charge in [-0.2, -0.15) is 0 Å². The lowest BCUT2D eigenvalue weighted by molar-refractivity contribution is 0.0696. The molecule has 1 saturated heterocycles. The molecule has 0 aliphatic carbocycles. The Morgan fingerprint density at radius 2 is 2.04 bits per heavy atom. The second-order valence-corrected chi connectivity index (χ2v) is 7.80. The average Bonchev–Trinajstić information content (AvgIpc) is 3.06. The number of rotatable bonds is 11. The van der Waals surface area contributed by atoms with Crippen LogP contribution >= 0.6 is 11.6 Å². The summed E-state index contributed by atoms with van der Waals surface area (Å²) in [7, 11) is 0. The number of alkyl halides is 1. The molecule has 2 unspecified atom stereocenters. The summed E-state index contributed by atoms with van der Waals surface area (Å²) in [4.78, 5) is 13.2. The second kappa shape index (κ2) is 10.1. The number of benzene rings is 1. The maximum Gasteiger partial charge on any atom is 0.335 e. The lowest BCUT2D eigenvalue weighted by Gasteiger charge is -2.28. The van der Waals surface area contributed by atoms with Gasteiger partial charge in [0.15, 0.2) is 0 Å². The second-order valence-electron chi connectivity index (χ2n) is 7.10. The van der Waals surface area contributed by atoms with Gasteiger partial charge in [0.25, 0.3) is 0 Å². The van der Waals surface area contributed by atoms with E-state index in [1.165, 1.54) is 0 Å². The molecule has 5 nitrogen and oxygen atoms in total. The van der Waals surface area contributed by atoms with Gasteiger partial charge in [-0.25, -0.2) is 4.79 Å². The number of aromatic carboxylic acids is 1. The van der Waals surface area contributed by atoms with E-state index < -0.39 is 11.0 Å². The van der Waals surface area contributed by atoms with Crippen molar-refractivity contribution in [2.45, 2.75) is 63.0 Å². The number of aliphatic hydroxyl groups is 1. The Morgan fingerprint density at radius 1 is 1.31 bits per heavy atom. The number of carboxylic acids is 1. The minimum Gasteiger partial charge on any atom is -0.492 e. The van der Waals surface area contributed by atoms with E-state index in [2.05, 4.69) is 11.8 Å². The normalized spacial score (nSPS) is 20.0. The Morgan fingerprint density at radius 3 is 2.69 bits per heavy atom. The van der Waals surface area contributed by atoms with Gasteiger partial charge in [-0.15, -0.1) is 0 Å². The maximum atomic E-state index is 10.9. The molecule has 0 spiro atoms. The van der Waals surface area contributed by atoms with Crippen LogP contribution in [0.1, 0.15) is 62.2 Å². The number of carbonyl (C=O) groups is 1. The highest BCUT2D eigenvalue weighted by Crippen LogP contribution is 2.27. The van der Waals surface area contributed by atoms with Crippen LogP contribution in [0.3, 0.4) is 0 Å². The summed E-state index contributed by atoms with van der Waals surface area (Å²) >= 11 is 6.26. The van der Waals surface area contributed by atoms with Crippen LogP contribution in [-0.4, -0.2) is 51.9 Å². The number of unbranched alkanes of at least 4 members (excludes halogenated alkanes) is 2. The van der Waals surface area contributed by atoms with Crippen LogP contribution in [0.4, 0.5) is 0 Å². The molecule has 1 aliphatic heterocycles. The van der Waals surface area contributed by atoms with Gasteiger partial charge in [0, 0.05) is 19.0 Å². The third-order valence-electron chi connectivity index (χ3n) is 4.99. The number of hydrogen-bond acceptors (Lipinski definition) is 4. The van der Waals surface area contributed by atoms with Crippen molar-refractivity contribution in [2.75, 3.05) is 19.7 Å². The van der Waals surface area contributed by atoms with Crippen molar-refractivity contribution in [3.8, 4) is 5.75 Å². The summed E-state index contributed by atoms with van der Waals surface area (Å²) in [6, 6.07) is 6.78. The van der Waals surface area contributed by atoms with Crippen LogP contribution < -0.4 is 4.74 Å². The van der Waals surface area contributed by atoms with Gasteiger partial charge in [0.2, 0.25) is 0 Å². The van der Waals surface area contributed by atoms with E-state index in [0.717, 1.165) is 45.2 Å². The molecule has 2 atom stereocenters. The Balaban J connectivity index is 1.77. The van der Waals surface area contributed by atoms with E-state index in [4.69, 9.17) is 21.4 Å². The third-order valence-corrected chi connectivity index (χ3v) is 5.37. The topological polar surface area (TPSA) is 70.0 Å². The lowest BCUT2D eigenvalue weighted by atomic mass is 10.1. The number of ether oxygens (including phenoxy) is 1. The Labute approximate surface area is 160 Å². The molecule has 2 N–H and O–H groups in total. The van der Waals surface area contributed by atoms with Crippen LogP contribution in [-0.2, 0) is 0 Å². The number of likely N-dealkylation sites (tertiary alicyclic amines) is 1. The summed E-state index contributed by atoms with van der Waals surface area (Å²) in [5, 5.41) is 18.1. The van der Waals surface area contributed by atoms with Crippen LogP contribution in [0.2, 0.25) is 0 Å². The van der Waals surface area contributed by atoms with Gasteiger partial charge in [-0.1, -0.05) is 31.4 Å². The van der Waals surface area contributed by atoms with E-state index in [1.807, 2.05) is 0 Å². The van der Waals surface area contributed by atoms with Gasteiger partial charge in [-0.05, 0) is 56.5 Å². The predicted octanol–water partition coefficient (Wildman–Crippen LogP) is 4.13. The molecule has 26 heavy (non-hydrogen) atoms. The highest BCUT2D eigenvalue weighted by Gasteiger charge is 2.29. The molecular formula is C20H30ClNO4. The molecule has 146 valence electrons. The molecule has 0 amide bonds. The molecule has 1 aromatic carbocycles. The number of hydrogen-bond donors (Lipinski definition) is 2. The SMILES string of the molecule is CCCCCC(O)(Cl)CCN1CCCC1COc1ccc(C(=O)O)cc1. The molecule has 1 aliphatic rings. The van der Waals surface area contributed by atoms with E-state index in [0.29, 0.717) is 31.2 Å². The monoisotopic (exact) mass is 383 g/mol. The smallest absolute Gasteiger partial charge is 0.335 e. The highest BCUT2D eigenvalue weighted by molar-refractivity contribution is 6.22. The average molecular weight is 384 g/mol. The van der Waals surface area contributed by atoms with Crippen molar-refractivity contribution in [3.63, 3.8) is 0 Å². The zero-order valence-corrected chi connectivity index (χ0v) is 16.2. The summed E-state index contributed by atoms with van der Waals surface area (Å²) in [6.45, 7) is 4.45.